The number of aryl methyl sites for hydroxylation is 2. The molecule has 1 saturated heterocycles. The smallest absolute Gasteiger partial charge is 0.341 e. The maximum absolute atomic E-state index is 11.8. The second-order valence-corrected chi connectivity index (χ2v) is 7.36. The first-order valence-electron chi connectivity index (χ1n) is 9.79. The van der Waals surface area contributed by atoms with E-state index in [1.807, 2.05) is 6.07 Å². The summed E-state index contributed by atoms with van der Waals surface area (Å²) < 4.78 is 21.4. The lowest BCUT2D eigenvalue weighted by Gasteiger charge is -2.34. The summed E-state index contributed by atoms with van der Waals surface area (Å²) in [5, 5.41) is 0. The third kappa shape index (κ3) is 4.92. The average molecular weight is 402 g/mol. The van der Waals surface area contributed by atoms with Crippen molar-refractivity contribution in [3.8, 4) is 11.5 Å². The van der Waals surface area contributed by atoms with E-state index in [2.05, 4.69) is 22.8 Å². The van der Waals surface area contributed by atoms with Crippen molar-refractivity contribution in [2.24, 2.45) is 0 Å². The monoisotopic (exact) mass is 402 g/mol. The van der Waals surface area contributed by atoms with E-state index in [9.17, 15) is 4.79 Å². The van der Waals surface area contributed by atoms with Crippen molar-refractivity contribution in [1.29, 1.82) is 0 Å². The Morgan fingerprint density at radius 2 is 1.52 bits per heavy atom. The van der Waals surface area contributed by atoms with Crippen LogP contribution in [0.2, 0.25) is 0 Å². The van der Waals surface area contributed by atoms with Crippen LogP contribution < -0.4 is 9.47 Å². The lowest BCUT2D eigenvalue weighted by atomic mass is 10.1. The number of ether oxygens (including phenoxy) is 3. The maximum atomic E-state index is 11.8. The van der Waals surface area contributed by atoms with E-state index >= 15 is 0 Å². The number of benzene rings is 1. The van der Waals surface area contributed by atoms with Crippen LogP contribution in [0.3, 0.4) is 0 Å². The van der Waals surface area contributed by atoms with Gasteiger partial charge in [0, 0.05) is 32.7 Å². The van der Waals surface area contributed by atoms with Gasteiger partial charge < -0.3 is 18.6 Å². The van der Waals surface area contributed by atoms with E-state index < -0.39 is 0 Å². The summed E-state index contributed by atoms with van der Waals surface area (Å²) in [4.78, 5) is 16.5. The minimum atomic E-state index is -0.354. The van der Waals surface area contributed by atoms with E-state index in [4.69, 9.17) is 18.6 Å². The zero-order chi connectivity index (χ0) is 21.0. The summed E-state index contributed by atoms with van der Waals surface area (Å²) in [5.74, 6) is 2.58. The molecule has 3 rings (SSSR count). The molecular weight excluding hydrogens is 372 g/mol. The second-order valence-electron chi connectivity index (χ2n) is 7.36. The second kappa shape index (κ2) is 9.33. The first-order chi connectivity index (χ1) is 13.9. The Hall–Kier alpha value is -2.51. The standard InChI is InChI=1S/C22H30N2O5/c1-15-10-20(26-3)21(27-4)11-17(15)13-23-6-8-24(9-7-23)14-18-12-19(16(2)29-18)22(25)28-5/h10-12H,6-9,13-14H2,1-5H3. The molecule has 1 aromatic carbocycles. The molecule has 2 aromatic rings. The van der Waals surface area contributed by atoms with Gasteiger partial charge in [0.25, 0.3) is 0 Å². The predicted molar refractivity (Wildman–Crippen MR) is 110 cm³/mol. The van der Waals surface area contributed by atoms with Crippen molar-refractivity contribution in [3.05, 3.63) is 46.4 Å². The molecule has 2 heterocycles. The van der Waals surface area contributed by atoms with E-state index in [0.29, 0.717) is 17.9 Å². The molecule has 0 atom stereocenters. The minimum absolute atomic E-state index is 0.354. The normalized spacial score (nSPS) is 15.3. The van der Waals surface area contributed by atoms with Gasteiger partial charge in [0.05, 0.1) is 27.9 Å². The summed E-state index contributed by atoms with van der Waals surface area (Å²) in [6, 6.07) is 5.89. The molecule has 0 bridgehead atoms. The highest BCUT2D eigenvalue weighted by molar-refractivity contribution is 5.90. The molecule has 1 fully saturated rings. The molecular formula is C22H30N2O5. The summed E-state index contributed by atoms with van der Waals surface area (Å²) in [6.07, 6.45) is 0. The van der Waals surface area contributed by atoms with Crippen LogP contribution in [-0.4, -0.2) is 63.3 Å². The quantitative estimate of drug-likeness (QED) is 0.660. The van der Waals surface area contributed by atoms with Gasteiger partial charge in [0.1, 0.15) is 17.1 Å². The first kappa shape index (κ1) is 21.2. The Morgan fingerprint density at radius 1 is 0.931 bits per heavy atom. The van der Waals surface area contributed by atoms with Gasteiger partial charge in [-0.2, -0.15) is 0 Å². The zero-order valence-electron chi connectivity index (χ0n) is 17.9. The van der Waals surface area contributed by atoms with Gasteiger partial charge >= 0.3 is 5.97 Å². The highest BCUT2D eigenvalue weighted by atomic mass is 16.5. The van der Waals surface area contributed by atoms with Gasteiger partial charge in [-0.1, -0.05) is 0 Å². The molecule has 1 aliphatic rings. The highest BCUT2D eigenvalue weighted by Crippen LogP contribution is 2.31. The summed E-state index contributed by atoms with van der Waals surface area (Å²) in [6.45, 7) is 9.30. The number of methoxy groups -OCH3 is 3. The van der Waals surface area contributed by atoms with Crippen molar-refractivity contribution in [3.63, 3.8) is 0 Å². The Labute approximate surface area is 172 Å². The fraction of sp³-hybridized carbons (Fsp3) is 0.500. The van der Waals surface area contributed by atoms with Crippen LogP contribution in [0.5, 0.6) is 11.5 Å². The number of hydrogen-bond acceptors (Lipinski definition) is 7. The Bertz CT molecular complexity index is 853. The van der Waals surface area contributed by atoms with Crippen LogP contribution in [0.4, 0.5) is 0 Å². The number of nitrogens with zero attached hydrogens (tertiary/aromatic N) is 2. The van der Waals surface area contributed by atoms with Crippen LogP contribution in [-0.2, 0) is 17.8 Å². The lowest BCUT2D eigenvalue weighted by Crippen LogP contribution is -2.45. The lowest BCUT2D eigenvalue weighted by molar-refractivity contribution is 0.0599. The number of furan rings is 1. The zero-order valence-corrected chi connectivity index (χ0v) is 17.9. The number of esters is 1. The van der Waals surface area contributed by atoms with Crippen molar-refractivity contribution in [2.45, 2.75) is 26.9 Å². The van der Waals surface area contributed by atoms with Crippen molar-refractivity contribution >= 4 is 5.97 Å². The molecule has 7 nitrogen and oxygen atoms in total. The van der Waals surface area contributed by atoms with Crippen LogP contribution >= 0.6 is 0 Å². The third-order valence-corrected chi connectivity index (χ3v) is 5.45. The van der Waals surface area contributed by atoms with Crippen molar-refractivity contribution in [1.82, 2.24) is 9.80 Å². The molecule has 7 heteroatoms. The third-order valence-electron chi connectivity index (χ3n) is 5.45. The molecule has 158 valence electrons. The van der Waals surface area contributed by atoms with Crippen molar-refractivity contribution < 1.29 is 23.4 Å². The van der Waals surface area contributed by atoms with Gasteiger partial charge in [-0.25, -0.2) is 4.79 Å². The fourth-order valence-corrected chi connectivity index (χ4v) is 3.69. The van der Waals surface area contributed by atoms with Gasteiger partial charge in [0.15, 0.2) is 11.5 Å². The van der Waals surface area contributed by atoms with Crippen molar-refractivity contribution in [2.75, 3.05) is 47.5 Å². The van der Waals surface area contributed by atoms with Gasteiger partial charge in [-0.05, 0) is 43.2 Å². The molecule has 1 aromatic heterocycles. The number of hydrogen-bond donors (Lipinski definition) is 0. The van der Waals surface area contributed by atoms with E-state index in [-0.39, 0.29) is 5.97 Å². The molecule has 0 spiro atoms. The van der Waals surface area contributed by atoms with Gasteiger partial charge in [-0.15, -0.1) is 0 Å². The molecule has 0 amide bonds. The predicted octanol–water partition coefficient (Wildman–Crippen LogP) is 3.02. The number of piperazine rings is 1. The molecule has 0 saturated carbocycles. The highest BCUT2D eigenvalue weighted by Gasteiger charge is 2.21. The molecule has 0 aliphatic carbocycles. The van der Waals surface area contributed by atoms with E-state index in [0.717, 1.165) is 50.0 Å². The first-order valence-corrected chi connectivity index (χ1v) is 9.79. The number of carbonyl (C=O) groups excluding carboxylic acids is 1. The van der Waals surface area contributed by atoms with Gasteiger partial charge in [-0.3, -0.25) is 9.80 Å². The summed E-state index contributed by atoms with van der Waals surface area (Å²) >= 11 is 0. The molecule has 0 unspecified atom stereocenters. The summed E-state index contributed by atoms with van der Waals surface area (Å²) in [7, 11) is 4.70. The van der Waals surface area contributed by atoms with Gasteiger partial charge in [0.2, 0.25) is 0 Å². The summed E-state index contributed by atoms with van der Waals surface area (Å²) in [5.41, 5.74) is 2.96. The average Bonchev–Trinajstić information content (AvgIpc) is 3.09. The van der Waals surface area contributed by atoms with E-state index in [1.165, 1.54) is 18.2 Å². The Balaban J connectivity index is 1.57. The molecule has 0 N–H and O–H groups in total. The Kier molecular flexibility index (Phi) is 6.82. The van der Waals surface area contributed by atoms with Crippen LogP contribution in [0.1, 0.15) is 33.0 Å². The minimum Gasteiger partial charge on any atom is -0.493 e. The largest absolute Gasteiger partial charge is 0.493 e. The van der Waals surface area contributed by atoms with E-state index in [1.54, 1.807) is 27.2 Å². The Morgan fingerprint density at radius 3 is 2.10 bits per heavy atom. The number of carbonyl (C=O) groups is 1. The molecule has 0 radical (unpaired) electrons. The SMILES string of the molecule is COC(=O)c1cc(CN2CCN(Cc3cc(OC)c(OC)cc3C)CC2)oc1C. The van der Waals surface area contributed by atoms with Crippen LogP contribution in [0.25, 0.3) is 0 Å². The number of rotatable bonds is 7. The van der Waals surface area contributed by atoms with Crippen LogP contribution in [0, 0.1) is 13.8 Å². The fourth-order valence-electron chi connectivity index (χ4n) is 3.69. The molecule has 29 heavy (non-hydrogen) atoms. The molecule has 1 aliphatic heterocycles. The van der Waals surface area contributed by atoms with Crippen LogP contribution in [0.15, 0.2) is 22.6 Å². The topological polar surface area (TPSA) is 64.4 Å². The maximum Gasteiger partial charge on any atom is 0.341 e.